The van der Waals surface area contributed by atoms with Crippen LogP contribution in [-0.2, 0) is 0 Å². The van der Waals surface area contributed by atoms with Crippen molar-refractivity contribution in [3.05, 3.63) is 69.8 Å². The first kappa shape index (κ1) is 22.3. The average Bonchev–Trinajstić information content (AvgIpc) is 2.79. The van der Waals surface area contributed by atoms with E-state index >= 15 is 0 Å². The lowest BCUT2D eigenvalue weighted by atomic mass is 10.0. The summed E-state index contributed by atoms with van der Waals surface area (Å²) in [6, 6.07) is 13.3. The van der Waals surface area contributed by atoms with Crippen LogP contribution in [0.4, 0.5) is 11.4 Å². The first-order valence-corrected chi connectivity index (χ1v) is 10.6. The number of nitrogens with zero attached hydrogens (tertiary/aromatic N) is 2. The number of nitrogens with one attached hydrogen (secondary N) is 2. The fourth-order valence-corrected chi connectivity index (χ4v) is 3.61. The maximum atomic E-state index is 12.7. The maximum absolute atomic E-state index is 12.7. The molecule has 0 bridgehead atoms. The first-order chi connectivity index (χ1) is 14.9. The van der Waals surface area contributed by atoms with Gasteiger partial charge in [-0.1, -0.05) is 19.1 Å². The molecule has 1 atom stereocenters. The SMILES string of the molecule is CC[C@@H](C)NC(=O)c1ccccc1N1CCC(NC(=O)c2ccc([N+](=O)[O-])cc2)CC1. The molecule has 1 aliphatic rings. The van der Waals surface area contributed by atoms with E-state index in [2.05, 4.69) is 15.5 Å². The molecule has 2 aromatic carbocycles. The lowest BCUT2D eigenvalue weighted by Gasteiger charge is -2.35. The molecular formula is C23H28N4O4. The van der Waals surface area contributed by atoms with Gasteiger partial charge in [-0.25, -0.2) is 0 Å². The van der Waals surface area contributed by atoms with Gasteiger partial charge in [0.05, 0.1) is 10.5 Å². The number of hydrogen-bond donors (Lipinski definition) is 2. The highest BCUT2D eigenvalue weighted by molar-refractivity contribution is 6.00. The summed E-state index contributed by atoms with van der Waals surface area (Å²) in [4.78, 5) is 37.6. The Morgan fingerprint density at radius 2 is 1.74 bits per heavy atom. The molecule has 0 aromatic heterocycles. The summed E-state index contributed by atoms with van der Waals surface area (Å²) in [5.41, 5.74) is 1.93. The molecule has 3 rings (SSSR count). The molecule has 31 heavy (non-hydrogen) atoms. The molecule has 1 saturated heterocycles. The largest absolute Gasteiger partial charge is 0.371 e. The van der Waals surface area contributed by atoms with Gasteiger partial charge in [-0.05, 0) is 50.5 Å². The van der Waals surface area contributed by atoms with Crippen LogP contribution >= 0.6 is 0 Å². The van der Waals surface area contributed by atoms with Crippen LogP contribution in [0.2, 0.25) is 0 Å². The van der Waals surface area contributed by atoms with Gasteiger partial charge in [0.1, 0.15) is 0 Å². The number of anilines is 1. The number of benzene rings is 2. The van der Waals surface area contributed by atoms with E-state index in [0.717, 1.165) is 38.0 Å². The van der Waals surface area contributed by atoms with Crippen LogP contribution < -0.4 is 15.5 Å². The standard InChI is InChI=1S/C23H28N4O4/c1-3-16(2)24-23(29)20-6-4-5-7-21(20)26-14-12-18(13-15-26)25-22(28)17-8-10-19(11-9-17)27(30)31/h4-11,16,18H,3,12-15H2,1-2H3,(H,24,29)(H,25,28)/t16-/m1/s1. The van der Waals surface area contributed by atoms with E-state index in [9.17, 15) is 19.7 Å². The van der Waals surface area contributed by atoms with Gasteiger partial charge in [-0.15, -0.1) is 0 Å². The highest BCUT2D eigenvalue weighted by Gasteiger charge is 2.24. The van der Waals surface area contributed by atoms with Crippen molar-refractivity contribution in [3.8, 4) is 0 Å². The maximum Gasteiger partial charge on any atom is 0.269 e. The number of carbonyl (C=O) groups excluding carboxylic acids is 2. The number of piperidine rings is 1. The Morgan fingerprint density at radius 1 is 1.10 bits per heavy atom. The lowest BCUT2D eigenvalue weighted by Crippen LogP contribution is -2.45. The highest BCUT2D eigenvalue weighted by Crippen LogP contribution is 2.25. The molecule has 1 heterocycles. The Morgan fingerprint density at radius 3 is 2.35 bits per heavy atom. The van der Waals surface area contributed by atoms with Crippen molar-refractivity contribution in [2.75, 3.05) is 18.0 Å². The number of carbonyl (C=O) groups is 2. The molecule has 2 aromatic rings. The number of amides is 2. The van der Waals surface area contributed by atoms with Crippen LogP contribution in [0.25, 0.3) is 0 Å². The number of para-hydroxylation sites is 1. The molecule has 0 radical (unpaired) electrons. The summed E-state index contributed by atoms with van der Waals surface area (Å²) in [6.45, 7) is 5.46. The molecule has 2 N–H and O–H groups in total. The second-order valence-electron chi connectivity index (χ2n) is 7.84. The Kier molecular flexibility index (Phi) is 7.23. The minimum atomic E-state index is -0.488. The Hall–Kier alpha value is -3.42. The zero-order valence-electron chi connectivity index (χ0n) is 17.8. The van der Waals surface area contributed by atoms with E-state index in [1.54, 1.807) is 0 Å². The van der Waals surface area contributed by atoms with Crippen molar-refractivity contribution in [2.24, 2.45) is 0 Å². The van der Waals surface area contributed by atoms with Crippen molar-refractivity contribution in [1.82, 2.24) is 10.6 Å². The predicted molar refractivity (Wildman–Crippen MR) is 119 cm³/mol. The van der Waals surface area contributed by atoms with Crippen LogP contribution in [-0.4, -0.2) is 41.9 Å². The zero-order valence-corrected chi connectivity index (χ0v) is 17.8. The van der Waals surface area contributed by atoms with E-state index in [1.165, 1.54) is 24.3 Å². The van der Waals surface area contributed by atoms with Gasteiger partial charge in [0.2, 0.25) is 0 Å². The first-order valence-electron chi connectivity index (χ1n) is 10.6. The number of rotatable bonds is 7. The van der Waals surface area contributed by atoms with Crippen molar-refractivity contribution in [2.45, 2.75) is 45.2 Å². The van der Waals surface area contributed by atoms with E-state index in [0.29, 0.717) is 11.1 Å². The molecule has 1 fully saturated rings. The molecule has 0 unspecified atom stereocenters. The lowest BCUT2D eigenvalue weighted by molar-refractivity contribution is -0.384. The van der Waals surface area contributed by atoms with Gasteiger partial charge >= 0.3 is 0 Å². The number of nitro benzene ring substituents is 1. The second kappa shape index (κ2) is 10.1. The molecule has 1 aliphatic heterocycles. The van der Waals surface area contributed by atoms with Crippen molar-refractivity contribution < 1.29 is 14.5 Å². The smallest absolute Gasteiger partial charge is 0.269 e. The van der Waals surface area contributed by atoms with Crippen LogP contribution in [0.5, 0.6) is 0 Å². The van der Waals surface area contributed by atoms with Crippen molar-refractivity contribution >= 4 is 23.2 Å². The second-order valence-corrected chi connectivity index (χ2v) is 7.84. The third kappa shape index (κ3) is 5.59. The van der Waals surface area contributed by atoms with Gasteiger partial charge in [-0.3, -0.25) is 19.7 Å². The van der Waals surface area contributed by atoms with Gasteiger partial charge in [0, 0.05) is 48.6 Å². The Balaban J connectivity index is 1.59. The highest BCUT2D eigenvalue weighted by atomic mass is 16.6. The molecule has 164 valence electrons. The summed E-state index contributed by atoms with van der Waals surface area (Å²) in [7, 11) is 0. The van der Waals surface area contributed by atoms with Crippen LogP contribution in [0.15, 0.2) is 48.5 Å². The van der Waals surface area contributed by atoms with E-state index in [1.807, 2.05) is 38.1 Å². The number of hydrogen-bond acceptors (Lipinski definition) is 5. The van der Waals surface area contributed by atoms with Crippen LogP contribution in [0, 0.1) is 10.1 Å². The fourth-order valence-electron chi connectivity index (χ4n) is 3.61. The normalized spacial score (nSPS) is 15.2. The Labute approximate surface area is 181 Å². The average molecular weight is 425 g/mol. The van der Waals surface area contributed by atoms with Gasteiger partial charge in [0.15, 0.2) is 0 Å². The third-order valence-electron chi connectivity index (χ3n) is 5.65. The molecule has 8 nitrogen and oxygen atoms in total. The van der Waals surface area contributed by atoms with Gasteiger partial charge in [0.25, 0.3) is 17.5 Å². The quantitative estimate of drug-likeness (QED) is 0.523. The number of nitro groups is 1. The summed E-state index contributed by atoms with van der Waals surface area (Å²) in [5, 5.41) is 16.8. The zero-order chi connectivity index (χ0) is 22.4. The van der Waals surface area contributed by atoms with Crippen molar-refractivity contribution in [1.29, 1.82) is 0 Å². The monoisotopic (exact) mass is 424 g/mol. The molecule has 8 heteroatoms. The topological polar surface area (TPSA) is 105 Å². The summed E-state index contributed by atoms with van der Waals surface area (Å²) >= 11 is 0. The van der Waals surface area contributed by atoms with E-state index in [-0.39, 0.29) is 29.6 Å². The summed E-state index contributed by atoms with van der Waals surface area (Å²) in [5.74, 6) is -0.305. The Bertz CT molecular complexity index is 937. The van der Waals surface area contributed by atoms with Crippen LogP contribution in [0.1, 0.15) is 53.8 Å². The summed E-state index contributed by atoms with van der Waals surface area (Å²) < 4.78 is 0. The van der Waals surface area contributed by atoms with E-state index in [4.69, 9.17) is 0 Å². The molecule has 2 amide bonds. The molecule has 0 spiro atoms. The minimum absolute atomic E-state index is 0.0139. The number of non-ortho nitro benzene ring substituents is 1. The fraction of sp³-hybridized carbons (Fsp3) is 0.391. The van der Waals surface area contributed by atoms with Gasteiger partial charge in [-0.2, -0.15) is 0 Å². The van der Waals surface area contributed by atoms with Gasteiger partial charge < -0.3 is 15.5 Å². The third-order valence-corrected chi connectivity index (χ3v) is 5.65. The molecule has 0 aliphatic carbocycles. The van der Waals surface area contributed by atoms with Crippen LogP contribution in [0.3, 0.4) is 0 Å². The summed E-state index contributed by atoms with van der Waals surface area (Å²) in [6.07, 6.45) is 2.37. The minimum Gasteiger partial charge on any atom is -0.371 e. The van der Waals surface area contributed by atoms with Crippen molar-refractivity contribution in [3.63, 3.8) is 0 Å². The molecule has 0 saturated carbocycles. The molecular weight excluding hydrogens is 396 g/mol. The van der Waals surface area contributed by atoms with E-state index < -0.39 is 4.92 Å². The predicted octanol–water partition coefficient (Wildman–Crippen LogP) is 3.52.